The Morgan fingerprint density at radius 2 is 2.43 bits per heavy atom. The Bertz CT molecular complexity index is 244. The zero-order valence-electron chi connectivity index (χ0n) is 8.40. The van der Waals surface area contributed by atoms with Crippen molar-refractivity contribution in [3.05, 3.63) is 0 Å². The lowest BCUT2D eigenvalue weighted by Gasteiger charge is -2.34. The maximum absolute atomic E-state index is 11.5. The molecular formula is C9H15NO3S. The third-order valence-electron chi connectivity index (χ3n) is 2.31. The average molecular weight is 217 g/mol. The summed E-state index contributed by atoms with van der Waals surface area (Å²) in [5.74, 6) is -0.549. The lowest BCUT2D eigenvalue weighted by molar-refractivity contribution is -0.149. The number of hydrogen-bond acceptors (Lipinski definition) is 3. The minimum atomic E-state index is -0.903. The zero-order valence-corrected chi connectivity index (χ0v) is 9.21. The van der Waals surface area contributed by atoms with E-state index < -0.39 is 12.0 Å². The van der Waals surface area contributed by atoms with E-state index in [9.17, 15) is 9.59 Å². The number of nitrogens with zero attached hydrogens (tertiary/aromatic N) is 1. The van der Waals surface area contributed by atoms with Crippen LogP contribution in [0.4, 0.5) is 0 Å². The normalized spacial score (nSPS) is 24.9. The number of hydrogen-bond donors (Lipinski definition) is 1. The van der Waals surface area contributed by atoms with Gasteiger partial charge in [-0.3, -0.25) is 4.79 Å². The predicted octanol–water partition coefficient (Wildman–Crippen LogP) is 0.813. The number of carbonyl (C=O) groups excluding carboxylic acids is 1. The van der Waals surface area contributed by atoms with Crippen LogP contribution in [0.1, 0.15) is 20.3 Å². The van der Waals surface area contributed by atoms with E-state index in [4.69, 9.17) is 5.11 Å². The molecule has 2 atom stereocenters. The maximum atomic E-state index is 11.5. The van der Waals surface area contributed by atoms with Gasteiger partial charge in [-0.05, 0) is 6.42 Å². The summed E-state index contributed by atoms with van der Waals surface area (Å²) in [5, 5.41) is 9.26. The Hall–Kier alpha value is -0.710. The van der Waals surface area contributed by atoms with Gasteiger partial charge in [-0.1, -0.05) is 13.8 Å². The second-order valence-corrected chi connectivity index (χ2v) is 4.86. The summed E-state index contributed by atoms with van der Waals surface area (Å²) in [7, 11) is 0. The van der Waals surface area contributed by atoms with Crippen LogP contribution in [0.2, 0.25) is 0 Å². The molecule has 0 aromatic heterocycles. The van der Waals surface area contributed by atoms with Crippen LogP contribution in [-0.4, -0.2) is 45.5 Å². The molecule has 80 valence electrons. The van der Waals surface area contributed by atoms with Gasteiger partial charge in [-0.25, -0.2) is 4.79 Å². The minimum Gasteiger partial charge on any atom is -0.480 e. The molecule has 0 saturated carbocycles. The van der Waals surface area contributed by atoms with Crippen molar-refractivity contribution < 1.29 is 14.7 Å². The van der Waals surface area contributed by atoms with Gasteiger partial charge in [0.2, 0.25) is 5.91 Å². The third kappa shape index (κ3) is 2.41. The number of aliphatic carboxylic acids is 1. The topological polar surface area (TPSA) is 57.6 Å². The van der Waals surface area contributed by atoms with Crippen molar-refractivity contribution in [1.82, 2.24) is 4.90 Å². The van der Waals surface area contributed by atoms with Crippen LogP contribution in [0.15, 0.2) is 0 Å². The van der Waals surface area contributed by atoms with Crippen LogP contribution in [-0.2, 0) is 9.59 Å². The van der Waals surface area contributed by atoms with Crippen molar-refractivity contribution in [3.63, 3.8) is 0 Å². The fraction of sp³-hybridized carbons (Fsp3) is 0.778. The van der Waals surface area contributed by atoms with Crippen LogP contribution in [0.5, 0.6) is 0 Å². The third-order valence-corrected chi connectivity index (χ3v) is 3.45. The van der Waals surface area contributed by atoms with Gasteiger partial charge in [0.25, 0.3) is 0 Å². The first-order valence-corrected chi connectivity index (χ1v) is 5.75. The summed E-state index contributed by atoms with van der Waals surface area (Å²) >= 11 is 1.59. The van der Waals surface area contributed by atoms with Gasteiger partial charge in [0, 0.05) is 11.8 Å². The second kappa shape index (κ2) is 4.68. The van der Waals surface area contributed by atoms with Crippen LogP contribution >= 0.6 is 11.8 Å². The molecule has 0 bridgehead atoms. The largest absolute Gasteiger partial charge is 0.480 e. The van der Waals surface area contributed by atoms with Gasteiger partial charge in [0.1, 0.15) is 6.04 Å². The van der Waals surface area contributed by atoms with E-state index in [0.29, 0.717) is 24.0 Å². The van der Waals surface area contributed by atoms with E-state index in [-0.39, 0.29) is 5.91 Å². The highest BCUT2D eigenvalue weighted by atomic mass is 32.2. The predicted molar refractivity (Wildman–Crippen MR) is 55.3 cm³/mol. The van der Waals surface area contributed by atoms with E-state index in [0.717, 1.165) is 0 Å². The van der Waals surface area contributed by atoms with Crippen molar-refractivity contribution in [2.45, 2.75) is 31.6 Å². The summed E-state index contributed by atoms with van der Waals surface area (Å²) in [6.45, 7) is 4.35. The van der Waals surface area contributed by atoms with Gasteiger partial charge >= 0.3 is 5.97 Å². The quantitative estimate of drug-likeness (QED) is 0.760. The highest BCUT2D eigenvalue weighted by Crippen LogP contribution is 2.21. The molecule has 5 heteroatoms. The fourth-order valence-corrected chi connectivity index (χ4v) is 2.42. The molecule has 1 heterocycles. The van der Waals surface area contributed by atoms with Crippen LogP contribution in [0.3, 0.4) is 0 Å². The van der Waals surface area contributed by atoms with Crippen LogP contribution in [0, 0.1) is 0 Å². The van der Waals surface area contributed by atoms with E-state index >= 15 is 0 Å². The molecule has 14 heavy (non-hydrogen) atoms. The number of thioether (sulfide) groups is 1. The summed E-state index contributed by atoms with van der Waals surface area (Å²) in [6, 6.07) is -0.647. The molecule has 1 rings (SSSR count). The smallest absolute Gasteiger partial charge is 0.326 e. The molecule has 0 radical (unpaired) electrons. The minimum absolute atomic E-state index is 0.0534. The average Bonchev–Trinajstić information content (AvgIpc) is 2.11. The second-order valence-electron chi connectivity index (χ2n) is 3.43. The number of carboxylic acids is 1. The molecule has 0 spiro atoms. The SMILES string of the molecule is CCC(C(=O)O)N1CC(C)SCC1=O. The van der Waals surface area contributed by atoms with E-state index in [1.807, 2.05) is 6.92 Å². The molecule has 0 aliphatic carbocycles. The number of rotatable bonds is 3. The molecular weight excluding hydrogens is 202 g/mol. The first kappa shape index (κ1) is 11.4. The standard InChI is InChI=1S/C9H15NO3S/c1-3-7(9(12)13)10-4-6(2)14-5-8(10)11/h6-7H,3-5H2,1-2H3,(H,12,13). The molecule has 1 aliphatic rings. The summed E-state index contributed by atoms with van der Waals surface area (Å²) in [4.78, 5) is 23.9. The Morgan fingerprint density at radius 3 is 2.93 bits per heavy atom. The van der Waals surface area contributed by atoms with Crippen molar-refractivity contribution in [2.24, 2.45) is 0 Å². The first-order chi connectivity index (χ1) is 6.56. The van der Waals surface area contributed by atoms with Gasteiger partial charge in [0.05, 0.1) is 5.75 Å². The van der Waals surface area contributed by atoms with E-state index in [1.165, 1.54) is 4.90 Å². The highest BCUT2D eigenvalue weighted by Gasteiger charge is 2.32. The van der Waals surface area contributed by atoms with Gasteiger partial charge < -0.3 is 10.0 Å². The van der Waals surface area contributed by atoms with Crippen molar-refractivity contribution in [3.8, 4) is 0 Å². The Morgan fingerprint density at radius 1 is 1.79 bits per heavy atom. The fourth-order valence-electron chi connectivity index (χ4n) is 1.56. The zero-order chi connectivity index (χ0) is 10.7. The molecule has 1 N–H and O–H groups in total. The number of amides is 1. The summed E-state index contributed by atoms with van der Waals surface area (Å²) in [5.41, 5.74) is 0. The Balaban J connectivity index is 2.71. The molecule has 1 saturated heterocycles. The van der Waals surface area contributed by atoms with Crippen LogP contribution in [0.25, 0.3) is 0 Å². The van der Waals surface area contributed by atoms with E-state index in [2.05, 4.69) is 0 Å². The number of carboxylic acid groups (broad SMARTS) is 1. The van der Waals surface area contributed by atoms with E-state index in [1.54, 1.807) is 18.7 Å². The summed E-state index contributed by atoms with van der Waals surface area (Å²) in [6.07, 6.45) is 0.471. The summed E-state index contributed by atoms with van der Waals surface area (Å²) < 4.78 is 0. The molecule has 1 aliphatic heterocycles. The highest BCUT2D eigenvalue weighted by molar-refractivity contribution is 8.00. The molecule has 0 aromatic carbocycles. The lowest BCUT2D eigenvalue weighted by Crippen LogP contribution is -2.50. The van der Waals surface area contributed by atoms with Crippen molar-refractivity contribution in [1.29, 1.82) is 0 Å². The monoisotopic (exact) mass is 217 g/mol. The first-order valence-electron chi connectivity index (χ1n) is 4.70. The Kier molecular flexibility index (Phi) is 3.80. The van der Waals surface area contributed by atoms with Gasteiger partial charge in [-0.2, -0.15) is 0 Å². The lowest BCUT2D eigenvalue weighted by atomic mass is 10.2. The Labute approximate surface area is 87.7 Å². The molecule has 4 nitrogen and oxygen atoms in total. The molecule has 0 aromatic rings. The van der Waals surface area contributed by atoms with Crippen molar-refractivity contribution in [2.75, 3.05) is 12.3 Å². The van der Waals surface area contributed by atoms with Crippen LogP contribution < -0.4 is 0 Å². The molecule has 1 amide bonds. The van der Waals surface area contributed by atoms with Crippen molar-refractivity contribution >= 4 is 23.6 Å². The molecule has 1 fully saturated rings. The molecule has 2 unspecified atom stereocenters. The van der Waals surface area contributed by atoms with Gasteiger partial charge in [0.15, 0.2) is 0 Å². The number of carbonyl (C=O) groups is 2. The maximum Gasteiger partial charge on any atom is 0.326 e. The van der Waals surface area contributed by atoms with Gasteiger partial charge in [-0.15, -0.1) is 11.8 Å².